The fourth-order valence-corrected chi connectivity index (χ4v) is 8.03. The molecule has 0 saturated heterocycles. The third kappa shape index (κ3) is 35.2. The maximum Gasteiger partial charge on any atom is 0.326 e. The van der Waals surface area contributed by atoms with Gasteiger partial charge >= 0.3 is 11.9 Å². The second-order valence-corrected chi connectivity index (χ2v) is 18.8. The molecule has 1 aromatic heterocycles. The lowest BCUT2D eigenvalue weighted by Crippen LogP contribution is -2.41. The summed E-state index contributed by atoms with van der Waals surface area (Å²) in [5, 5.41) is 40.6. The van der Waals surface area contributed by atoms with E-state index in [1.165, 1.54) is 52.7 Å². The Hall–Kier alpha value is -4.98. The molecule has 0 aliphatic rings. The van der Waals surface area contributed by atoms with Gasteiger partial charge in [-0.1, -0.05) is 75.8 Å². The fraction of sp³-hybridized carbons (Fsp3) is 0.800. The zero-order valence-corrected chi connectivity index (χ0v) is 41.8. The zero-order chi connectivity index (χ0) is 51.8. The Labute approximate surface area is 411 Å². The summed E-state index contributed by atoms with van der Waals surface area (Å²) in [4.78, 5) is 97.0. The number of unbranched alkanes of at least 4 members (excludes halogenated alkanes) is 12. The summed E-state index contributed by atoms with van der Waals surface area (Å²) in [6.45, 7) is 0.354. The van der Waals surface area contributed by atoms with E-state index < -0.39 is 75.9 Å². The Morgan fingerprint density at radius 1 is 0.614 bits per heavy atom. The van der Waals surface area contributed by atoms with Gasteiger partial charge in [0.1, 0.15) is 18.4 Å². The van der Waals surface area contributed by atoms with Crippen LogP contribution in [0.1, 0.15) is 154 Å². The Morgan fingerprint density at radius 2 is 1.21 bits per heavy atom. The molecule has 0 aromatic carbocycles. The number of carboxylic acids is 2. The predicted molar refractivity (Wildman–Crippen MR) is 252 cm³/mol. The van der Waals surface area contributed by atoms with Gasteiger partial charge in [0.05, 0.1) is 38.0 Å². The van der Waals surface area contributed by atoms with E-state index in [1.807, 2.05) is 4.72 Å². The number of carboxylic acid groups (broad SMARTS) is 2. The van der Waals surface area contributed by atoms with Crippen LogP contribution >= 0.6 is 0 Å². The van der Waals surface area contributed by atoms with Gasteiger partial charge in [0, 0.05) is 72.1 Å². The Bertz CT molecular complexity index is 1780. The van der Waals surface area contributed by atoms with Crippen LogP contribution in [0.2, 0.25) is 0 Å². The highest BCUT2D eigenvalue weighted by molar-refractivity contribution is 7.90. The molecule has 1 rings (SSSR count). The third-order valence-corrected chi connectivity index (χ3v) is 12.4. The number of nitrogens with one attached hydrogen (secondary N) is 5. The Morgan fingerprint density at radius 3 is 1.81 bits per heavy atom. The second kappa shape index (κ2) is 39.7. The van der Waals surface area contributed by atoms with Crippen LogP contribution < -0.4 is 20.7 Å². The molecule has 0 bridgehead atoms. The topological polar surface area (TPSA) is 351 Å². The predicted octanol–water partition coefficient (Wildman–Crippen LogP) is 2.45. The number of Topliss-reactive ketones (excluding diaryl/α,β-unsaturated/α-hetero) is 2. The van der Waals surface area contributed by atoms with Gasteiger partial charge in [0.2, 0.25) is 33.7 Å². The van der Waals surface area contributed by atoms with Crippen LogP contribution in [0.25, 0.3) is 0 Å². The van der Waals surface area contributed by atoms with Crippen LogP contribution in [0.4, 0.5) is 0 Å². The average molecular weight is 1020 g/mol. The van der Waals surface area contributed by atoms with E-state index in [0.717, 1.165) is 50.8 Å². The lowest BCUT2D eigenvalue weighted by Gasteiger charge is -2.15. The molecule has 7 N–H and O–H groups in total. The van der Waals surface area contributed by atoms with Crippen LogP contribution in [0, 0.1) is 5.92 Å². The van der Waals surface area contributed by atoms with Crippen molar-refractivity contribution in [3.8, 4) is 0 Å². The van der Waals surface area contributed by atoms with Crippen LogP contribution in [-0.2, 0) is 73.7 Å². The summed E-state index contributed by atoms with van der Waals surface area (Å²) in [6, 6.07) is -1.50. The molecule has 1 heterocycles. The largest absolute Gasteiger partial charge is 0.481 e. The van der Waals surface area contributed by atoms with E-state index in [-0.39, 0.29) is 109 Å². The van der Waals surface area contributed by atoms with E-state index in [4.69, 9.17) is 18.9 Å². The molecule has 70 heavy (non-hydrogen) atoms. The Balaban J connectivity index is 2.15. The number of amides is 4. The Kier molecular flexibility index (Phi) is 35.8. The van der Waals surface area contributed by atoms with Crippen molar-refractivity contribution in [2.24, 2.45) is 5.92 Å². The number of hydrogen-bond donors (Lipinski definition) is 7. The molecule has 1 aromatic rings. The summed E-state index contributed by atoms with van der Waals surface area (Å²) in [5.41, 5.74) is 0. The molecule has 0 fully saturated rings. The number of aromatic nitrogens is 4. The number of tetrazole rings is 1. The summed E-state index contributed by atoms with van der Waals surface area (Å²) in [6.07, 6.45) is 12.1. The second-order valence-electron chi connectivity index (χ2n) is 16.9. The normalized spacial score (nSPS) is 12.3. The molecular weight excluding hydrogens is 941 g/mol. The molecule has 25 heteroatoms. The van der Waals surface area contributed by atoms with Gasteiger partial charge in [-0.3, -0.25) is 38.3 Å². The first-order valence-electron chi connectivity index (χ1n) is 24.3. The zero-order valence-electron chi connectivity index (χ0n) is 41.0. The van der Waals surface area contributed by atoms with Crippen molar-refractivity contribution in [1.82, 2.24) is 41.3 Å². The molecule has 0 saturated carbocycles. The molecule has 0 aliphatic carbocycles. The van der Waals surface area contributed by atoms with Crippen molar-refractivity contribution < 1.29 is 75.9 Å². The molecule has 0 radical (unpaired) electrons. The van der Waals surface area contributed by atoms with Gasteiger partial charge in [-0.05, 0) is 32.1 Å². The van der Waals surface area contributed by atoms with E-state index in [2.05, 4.69) is 36.6 Å². The monoisotopic (exact) mass is 1020 g/mol. The first-order valence-corrected chi connectivity index (χ1v) is 26.0. The highest BCUT2D eigenvalue weighted by Crippen LogP contribution is 2.16. The fourth-order valence-electron chi connectivity index (χ4n) is 6.95. The van der Waals surface area contributed by atoms with Crippen molar-refractivity contribution >= 4 is 57.2 Å². The molecule has 0 spiro atoms. The number of nitrogens with zero attached hydrogens (tertiary/aromatic N) is 3. The summed E-state index contributed by atoms with van der Waals surface area (Å²) in [7, 11) is -1.15. The summed E-state index contributed by atoms with van der Waals surface area (Å²) in [5.74, 6) is -6.84. The van der Waals surface area contributed by atoms with Gasteiger partial charge in [0.15, 0.2) is 17.9 Å². The van der Waals surface area contributed by atoms with E-state index in [0.29, 0.717) is 6.42 Å². The quantitative estimate of drug-likeness (QED) is 0.0364. The lowest BCUT2D eigenvalue weighted by atomic mass is 9.94. The van der Waals surface area contributed by atoms with Crippen LogP contribution in [0.5, 0.6) is 0 Å². The number of methoxy groups -OCH3 is 2. The highest BCUT2D eigenvalue weighted by atomic mass is 32.2. The van der Waals surface area contributed by atoms with E-state index in [9.17, 15) is 57.0 Å². The molecule has 4 amide bonds. The highest BCUT2D eigenvalue weighted by Gasteiger charge is 2.26. The third-order valence-electron chi connectivity index (χ3n) is 11.0. The lowest BCUT2D eigenvalue weighted by molar-refractivity contribution is -0.145. The number of aliphatic carboxylic acids is 2. The molecule has 0 aliphatic heterocycles. The van der Waals surface area contributed by atoms with Crippen molar-refractivity contribution in [3.05, 3.63) is 5.82 Å². The SMILES string of the molecule is COC(CNC(=O)CCC(=O)COCCOCCNC(=O)CC[C@H](CC(=O)CC[C@H](NC(=O)CCCS(=O)(=O)NC(=O)CCCCCCCCCCCCCCCc1nn[nH]n1)C(=O)O)C(=O)O)OC. The van der Waals surface area contributed by atoms with Crippen LogP contribution in [-0.4, -0.2) is 158 Å². The van der Waals surface area contributed by atoms with Crippen LogP contribution in [0.15, 0.2) is 0 Å². The molecule has 400 valence electrons. The van der Waals surface area contributed by atoms with Gasteiger partial charge in [-0.2, -0.15) is 5.21 Å². The maximum atomic E-state index is 12.6. The average Bonchev–Trinajstić information content (AvgIpc) is 3.84. The van der Waals surface area contributed by atoms with Crippen LogP contribution in [0.3, 0.4) is 0 Å². The molecule has 0 unspecified atom stereocenters. The molecule has 24 nitrogen and oxygen atoms in total. The van der Waals surface area contributed by atoms with E-state index >= 15 is 0 Å². The van der Waals surface area contributed by atoms with Crippen molar-refractivity contribution in [2.45, 2.75) is 166 Å². The van der Waals surface area contributed by atoms with Crippen molar-refractivity contribution in [1.29, 1.82) is 0 Å². The van der Waals surface area contributed by atoms with Gasteiger partial charge in [0.25, 0.3) is 0 Å². The maximum absolute atomic E-state index is 12.6. The number of carbonyl (C=O) groups is 8. The van der Waals surface area contributed by atoms with Crippen molar-refractivity contribution in [3.63, 3.8) is 0 Å². The number of carbonyl (C=O) groups excluding carboxylic acids is 6. The molecular formula is C45H78N8O16S. The minimum Gasteiger partial charge on any atom is -0.481 e. The van der Waals surface area contributed by atoms with Gasteiger partial charge < -0.3 is 45.1 Å². The first-order chi connectivity index (χ1) is 33.5. The summed E-state index contributed by atoms with van der Waals surface area (Å²) >= 11 is 0. The van der Waals surface area contributed by atoms with Gasteiger partial charge in [-0.15, -0.1) is 10.2 Å². The van der Waals surface area contributed by atoms with Crippen molar-refractivity contribution in [2.75, 3.05) is 59.5 Å². The number of hydrogen-bond acceptors (Lipinski definition) is 17. The number of sulfonamides is 1. The molecule has 2 atom stereocenters. The smallest absolute Gasteiger partial charge is 0.326 e. The standard InChI is InChI=1S/C45H78N8O16S/c1-66-43(67-2)32-47-40(57)25-22-36(55)33-69-29-28-68-27-26-46-39(56)24-20-34(44(60)61)31-35(54)21-23-37(45(62)63)48-41(58)19-16-30-70(64,65)51-42(59)18-15-13-11-9-7-5-3-4-6-8-10-12-14-17-38-49-52-53-50-38/h34,37,43H,3-33H2,1-2H3,(H,46,56)(H,47,57)(H,48,58)(H,51,59)(H,60,61)(H,62,63)(H,49,50,52,53)/t34-,37+/m1/s1. The summed E-state index contributed by atoms with van der Waals surface area (Å²) < 4.78 is 47.4. The minimum atomic E-state index is -4.02. The number of rotatable bonds is 47. The number of aromatic amines is 1. The first kappa shape index (κ1) is 63.0. The number of aryl methyl sites for hydroxylation is 1. The minimum absolute atomic E-state index is 0.00801. The van der Waals surface area contributed by atoms with E-state index in [1.54, 1.807) is 0 Å². The number of H-pyrrole nitrogens is 1. The van der Waals surface area contributed by atoms with Gasteiger partial charge in [-0.25, -0.2) is 13.2 Å². The number of ether oxygens (including phenoxy) is 4. The number of ketones is 2.